The largest absolute Gasteiger partial charge is 0.504 e. The fraction of sp³-hybridized carbons (Fsp3) is 0.474. The lowest BCUT2D eigenvalue weighted by Gasteiger charge is -2.58. The van der Waals surface area contributed by atoms with Gasteiger partial charge in [-0.15, -0.1) is 0 Å². The number of nitrogens with zero attached hydrogens (tertiary/aromatic N) is 1. The van der Waals surface area contributed by atoms with Crippen LogP contribution in [0.25, 0.3) is 0 Å². The van der Waals surface area contributed by atoms with E-state index in [0.717, 1.165) is 24.9 Å². The van der Waals surface area contributed by atoms with Gasteiger partial charge in [-0.2, -0.15) is 0 Å². The standard InChI is InChI=1S/C19H22BrNO2/c1-11-4-6-13(20)17-14-10-12-5-7-15(23-3)18(22)16(12)19(11,17)8-9-21(14)2/h4-7,14,17,22H,8-10H2,1-3H3/t14-,17+,19-/m0/s1. The number of piperidine rings is 1. The van der Waals surface area contributed by atoms with Crippen LogP contribution in [0, 0.1) is 5.92 Å². The second kappa shape index (κ2) is 5.12. The smallest absolute Gasteiger partial charge is 0.162 e. The Morgan fingerprint density at radius 3 is 2.87 bits per heavy atom. The Kier molecular flexibility index (Phi) is 3.40. The summed E-state index contributed by atoms with van der Waals surface area (Å²) in [5.74, 6) is 1.26. The highest BCUT2D eigenvalue weighted by atomic mass is 79.9. The van der Waals surface area contributed by atoms with Crippen molar-refractivity contribution < 1.29 is 9.84 Å². The maximum Gasteiger partial charge on any atom is 0.162 e. The first-order valence-corrected chi connectivity index (χ1v) is 8.94. The molecule has 2 aliphatic carbocycles. The molecule has 1 aromatic carbocycles. The first-order chi connectivity index (χ1) is 11.0. The molecule has 1 fully saturated rings. The van der Waals surface area contributed by atoms with Crippen molar-refractivity contribution in [3.63, 3.8) is 0 Å². The summed E-state index contributed by atoms with van der Waals surface area (Å²) in [7, 11) is 3.84. The molecular weight excluding hydrogens is 354 g/mol. The fourth-order valence-electron chi connectivity index (χ4n) is 5.00. The number of halogens is 1. The molecule has 0 aromatic heterocycles. The second-order valence-corrected chi connectivity index (χ2v) is 7.92. The molecule has 1 N–H and O–H groups in total. The zero-order chi connectivity index (χ0) is 16.4. The average molecular weight is 376 g/mol. The number of hydrogen-bond donors (Lipinski definition) is 1. The van der Waals surface area contributed by atoms with Crippen molar-refractivity contribution in [2.45, 2.75) is 31.2 Å². The van der Waals surface area contributed by atoms with E-state index in [9.17, 15) is 5.11 Å². The Morgan fingerprint density at radius 2 is 2.13 bits per heavy atom. The molecule has 122 valence electrons. The molecule has 3 aliphatic rings. The zero-order valence-corrected chi connectivity index (χ0v) is 15.4. The molecule has 0 amide bonds. The lowest BCUT2D eigenvalue weighted by Crippen LogP contribution is -2.60. The number of benzene rings is 1. The quantitative estimate of drug-likeness (QED) is 0.810. The number of ether oxygens (including phenoxy) is 1. The monoisotopic (exact) mass is 375 g/mol. The van der Waals surface area contributed by atoms with Crippen LogP contribution in [0.5, 0.6) is 11.5 Å². The number of allylic oxidation sites excluding steroid dienone is 3. The minimum Gasteiger partial charge on any atom is -0.504 e. The number of likely N-dealkylation sites (N-methyl/N-ethyl adjacent to an activating group) is 1. The number of fused-ring (bicyclic) bond motifs is 1. The van der Waals surface area contributed by atoms with Gasteiger partial charge < -0.3 is 14.7 Å². The number of phenolic OH excluding ortho intramolecular Hbond substituents is 1. The fourth-order valence-corrected chi connectivity index (χ4v) is 5.83. The van der Waals surface area contributed by atoms with Crippen molar-refractivity contribution in [3.05, 3.63) is 45.5 Å². The number of hydrogen-bond acceptors (Lipinski definition) is 3. The zero-order valence-electron chi connectivity index (χ0n) is 13.8. The van der Waals surface area contributed by atoms with Crippen molar-refractivity contribution in [2.24, 2.45) is 5.92 Å². The van der Waals surface area contributed by atoms with Crippen LogP contribution in [0.2, 0.25) is 0 Å². The summed E-state index contributed by atoms with van der Waals surface area (Å²) in [5, 5.41) is 10.9. The second-order valence-electron chi connectivity index (χ2n) is 7.00. The van der Waals surface area contributed by atoms with Crippen molar-refractivity contribution in [1.82, 2.24) is 4.90 Å². The Bertz CT molecular complexity index is 739. The van der Waals surface area contributed by atoms with E-state index < -0.39 is 0 Å². The van der Waals surface area contributed by atoms with Gasteiger partial charge in [-0.1, -0.05) is 39.7 Å². The van der Waals surface area contributed by atoms with Crippen LogP contribution in [0.15, 0.2) is 34.3 Å². The molecule has 3 nitrogen and oxygen atoms in total. The molecule has 1 saturated heterocycles. The summed E-state index contributed by atoms with van der Waals surface area (Å²) in [5.41, 5.74) is 3.56. The molecule has 4 rings (SSSR count). The molecule has 23 heavy (non-hydrogen) atoms. The van der Waals surface area contributed by atoms with E-state index in [-0.39, 0.29) is 5.41 Å². The predicted octanol–water partition coefficient (Wildman–Crippen LogP) is 3.75. The van der Waals surface area contributed by atoms with Gasteiger partial charge in [0.1, 0.15) is 0 Å². The number of rotatable bonds is 1. The summed E-state index contributed by atoms with van der Waals surface area (Å²) in [6, 6.07) is 4.49. The van der Waals surface area contributed by atoms with Gasteiger partial charge in [-0.05, 0) is 45.0 Å². The minimum absolute atomic E-state index is 0.128. The molecule has 0 radical (unpaired) electrons. The van der Waals surface area contributed by atoms with Gasteiger partial charge in [0.15, 0.2) is 11.5 Å². The molecule has 4 heteroatoms. The third-order valence-electron chi connectivity index (χ3n) is 6.16. The van der Waals surface area contributed by atoms with Crippen LogP contribution in [0.1, 0.15) is 24.5 Å². The summed E-state index contributed by atoms with van der Waals surface area (Å²) < 4.78 is 6.65. The number of methoxy groups -OCH3 is 1. The topological polar surface area (TPSA) is 32.7 Å². The third-order valence-corrected chi connectivity index (χ3v) is 6.91. The predicted molar refractivity (Wildman–Crippen MR) is 95.3 cm³/mol. The van der Waals surface area contributed by atoms with Crippen LogP contribution in [-0.2, 0) is 11.8 Å². The maximum absolute atomic E-state index is 10.9. The highest BCUT2D eigenvalue weighted by Gasteiger charge is 2.56. The molecule has 3 atom stereocenters. The molecule has 1 heterocycles. The molecular formula is C19H22BrNO2. The van der Waals surface area contributed by atoms with Gasteiger partial charge in [0.2, 0.25) is 0 Å². The summed E-state index contributed by atoms with van der Waals surface area (Å²) in [4.78, 5) is 2.47. The third kappa shape index (κ3) is 1.85. The maximum atomic E-state index is 10.9. The van der Waals surface area contributed by atoms with E-state index in [2.05, 4.69) is 53.0 Å². The van der Waals surface area contributed by atoms with Crippen molar-refractivity contribution in [1.29, 1.82) is 0 Å². The number of likely N-dealkylation sites (tertiary alicyclic amines) is 1. The van der Waals surface area contributed by atoms with Gasteiger partial charge in [0.25, 0.3) is 0 Å². The Morgan fingerprint density at radius 1 is 1.35 bits per heavy atom. The normalized spacial score (nSPS) is 32.5. The van der Waals surface area contributed by atoms with Crippen molar-refractivity contribution in [3.8, 4) is 11.5 Å². The lowest BCUT2D eigenvalue weighted by molar-refractivity contribution is 0.0705. The van der Waals surface area contributed by atoms with Gasteiger partial charge in [0.05, 0.1) is 7.11 Å². The number of phenols is 1. The first kappa shape index (κ1) is 15.3. The highest BCUT2D eigenvalue weighted by molar-refractivity contribution is 9.11. The molecule has 1 aromatic rings. The first-order valence-electron chi connectivity index (χ1n) is 8.14. The van der Waals surface area contributed by atoms with Crippen LogP contribution in [0.4, 0.5) is 0 Å². The van der Waals surface area contributed by atoms with Gasteiger partial charge in [-0.25, -0.2) is 0 Å². The van der Waals surface area contributed by atoms with Crippen LogP contribution < -0.4 is 4.74 Å². The van der Waals surface area contributed by atoms with Crippen molar-refractivity contribution in [2.75, 3.05) is 20.7 Å². The van der Waals surface area contributed by atoms with E-state index in [1.807, 2.05) is 6.07 Å². The van der Waals surface area contributed by atoms with E-state index in [1.165, 1.54) is 15.6 Å². The molecule has 0 saturated carbocycles. The SMILES string of the molecule is COc1ccc2c(c1O)[C@@]13CCN(C)[C@@H](C2)[C@H]1C(Br)=CC=C3C. The van der Waals surface area contributed by atoms with Crippen LogP contribution in [0.3, 0.4) is 0 Å². The van der Waals surface area contributed by atoms with Gasteiger partial charge in [-0.3, -0.25) is 0 Å². The van der Waals surface area contributed by atoms with Crippen LogP contribution >= 0.6 is 15.9 Å². The molecule has 0 spiro atoms. The van der Waals surface area contributed by atoms with E-state index >= 15 is 0 Å². The minimum atomic E-state index is -0.128. The highest BCUT2D eigenvalue weighted by Crippen LogP contribution is 2.60. The molecule has 1 aliphatic heterocycles. The molecule has 2 bridgehead atoms. The Labute approximate surface area is 145 Å². The van der Waals surface area contributed by atoms with Crippen molar-refractivity contribution >= 4 is 15.9 Å². The summed E-state index contributed by atoms with van der Waals surface area (Å²) >= 11 is 3.82. The average Bonchev–Trinajstić information content (AvgIpc) is 2.54. The summed E-state index contributed by atoms with van der Waals surface area (Å²) in [6.07, 6.45) is 6.37. The lowest BCUT2D eigenvalue weighted by atomic mass is 9.53. The Balaban J connectivity index is 2.04. The van der Waals surface area contributed by atoms with E-state index in [0.29, 0.717) is 23.5 Å². The van der Waals surface area contributed by atoms with Gasteiger partial charge in [0, 0.05) is 27.4 Å². The van der Waals surface area contributed by atoms with E-state index in [1.54, 1.807) is 7.11 Å². The number of aromatic hydroxyl groups is 1. The van der Waals surface area contributed by atoms with E-state index in [4.69, 9.17) is 4.74 Å². The summed E-state index contributed by atoms with van der Waals surface area (Å²) in [6.45, 7) is 3.25. The molecule has 0 unspecified atom stereocenters. The van der Waals surface area contributed by atoms with Crippen LogP contribution in [-0.4, -0.2) is 36.8 Å². The Hall–Kier alpha value is -1.26. The van der Waals surface area contributed by atoms with Gasteiger partial charge >= 0.3 is 0 Å².